The standard InChI is InChI=1S/C16H15N3/c1-19(15-8-3-2-4-9-15)17-12-14-11-13-7-5-6-10-16(13)18-14/h2-12,18H,1H3/b17-12+. The lowest BCUT2D eigenvalue weighted by Gasteiger charge is -2.11. The van der Waals surface area contributed by atoms with Crippen LogP contribution >= 0.6 is 0 Å². The van der Waals surface area contributed by atoms with E-state index in [0.29, 0.717) is 0 Å². The number of para-hydroxylation sites is 2. The molecule has 3 heteroatoms. The van der Waals surface area contributed by atoms with Crippen LogP contribution in [-0.4, -0.2) is 18.2 Å². The highest BCUT2D eigenvalue weighted by Gasteiger charge is 1.98. The Hall–Kier alpha value is -2.55. The third-order valence-electron chi connectivity index (χ3n) is 3.05. The molecule has 0 radical (unpaired) electrons. The molecule has 0 atom stereocenters. The molecular weight excluding hydrogens is 234 g/mol. The Bertz CT molecular complexity index is 665. The summed E-state index contributed by atoms with van der Waals surface area (Å²) < 4.78 is 0. The molecule has 0 amide bonds. The molecule has 0 bridgehead atoms. The summed E-state index contributed by atoms with van der Waals surface area (Å²) in [7, 11) is 1.94. The van der Waals surface area contributed by atoms with Gasteiger partial charge in [-0.15, -0.1) is 0 Å². The number of fused-ring (bicyclic) bond motifs is 1. The van der Waals surface area contributed by atoms with Gasteiger partial charge in [-0.05, 0) is 24.3 Å². The molecule has 0 saturated heterocycles. The van der Waals surface area contributed by atoms with Gasteiger partial charge in [0.2, 0.25) is 0 Å². The maximum absolute atomic E-state index is 4.44. The van der Waals surface area contributed by atoms with E-state index < -0.39 is 0 Å². The maximum Gasteiger partial charge on any atom is 0.0710 e. The minimum absolute atomic E-state index is 1.00. The predicted octanol–water partition coefficient (Wildman–Crippen LogP) is 3.64. The van der Waals surface area contributed by atoms with Crippen molar-refractivity contribution in [2.24, 2.45) is 5.10 Å². The van der Waals surface area contributed by atoms with Crippen LogP contribution in [0, 0.1) is 0 Å². The average Bonchev–Trinajstić information content (AvgIpc) is 2.88. The number of aromatic amines is 1. The molecule has 1 heterocycles. The van der Waals surface area contributed by atoms with E-state index >= 15 is 0 Å². The number of hydrogen-bond acceptors (Lipinski definition) is 2. The molecule has 1 N–H and O–H groups in total. The van der Waals surface area contributed by atoms with E-state index in [0.717, 1.165) is 16.9 Å². The molecule has 2 aromatic carbocycles. The highest BCUT2D eigenvalue weighted by atomic mass is 15.4. The summed E-state index contributed by atoms with van der Waals surface area (Å²) in [6, 6.07) is 20.4. The van der Waals surface area contributed by atoms with Crippen LogP contribution in [0.15, 0.2) is 65.8 Å². The first-order valence-electron chi connectivity index (χ1n) is 6.23. The van der Waals surface area contributed by atoms with Gasteiger partial charge in [-0.3, -0.25) is 5.01 Å². The zero-order valence-electron chi connectivity index (χ0n) is 10.7. The lowest BCUT2D eigenvalue weighted by Crippen LogP contribution is -2.08. The smallest absolute Gasteiger partial charge is 0.0710 e. The molecule has 3 nitrogen and oxygen atoms in total. The fraction of sp³-hybridized carbons (Fsp3) is 0.0625. The van der Waals surface area contributed by atoms with Gasteiger partial charge < -0.3 is 4.98 Å². The molecular formula is C16H15N3. The molecule has 0 aliphatic carbocycles. The van der Waals surface area contributed by atoms with Gasteiger partial charge in [-0.25, -0.2) is 0 Å². The zero-order chi connectivity index (χ0) is 13.1. The highest BCUT2D eigenvalue weighted by Crippen LogP contribution is 2.14. The summed E-state index contributed by atoms with van der Waals surface area (Å²) in [6.07, 6.45) is 1.84. The SMILES string of the molecule is CN(/N=C/c1cc2ccccc2[nH]1)c1ccccc1. The van der Waals surface area contributed by atoms with Gasteiger partial charge in [-0.1, -0.05) is 36.4 Å². The average molecular weight is 249 g/mol. The van der Waals surface area contributed by atoms with Crippen LogP contribution in [0.4, 0.5) is 5.69 Å². The van der Waals surface area contributed by atoms with E-state index in [1.165, 1.54) is 5.39 Å². The Morgan fingerprint density at radius 1 is 1.00 bits per heavy atom. The largest absolute Gasteiger partial charge is 0.354 e. The Morgan fingerprint density at radius 2 is 1.74 bits per heavy atom. The van der Waals surface area contributed by atoms with Crippen LogP contribution in [0.3, 0.4) is 0 Å². The van der Waals surface area contributed by atoms with Crippen molar-refractivity contribution in [1.82, 2.24) is 4.98 Å². The molecule has 0 spiro atoms. The Kier molecular flexibility index (Phi) is 3.02. The number of benzene rings is 2. The van der Waals surface area contributed by atoms with Crippen molar-refractivity contribution in [2.45, 2.75) is 0 Å². The van der Waals surface area contributed by atoms with Crippen LogP contribution in [0.5, 0.6) is 0 Å². The topological polar surface area (TPSA) is 31.4 Å². The van der Waals surface area contributed by atoms with Gasteiger partial charge in [-0.2, -0.15) is 5.10 Å². The number of hydrogen-bond donors (Lipinski definition) is 1. The van der Waals surface area contributed by atoms with Crippen LogP contribution < -0.4 is 5.01 Å². The highest BCUT2D eigenvalue weighted by molar-refractivity contribution is 5.89. The van der Waals surface area contributed by atoms with Gasteiger partial charge in [0.25, 0.3) is 0 Å². The van der Waals surface area contributed by atoms with Crippen molar-refractivity contribution in [3.63, 3.8) is 0 Å². The summed E-state index contributed by atoms with van der Waals surface area (Å²) in [6.45, 7) is 0. The van der Waals surface area contributed by atoms with Gasteiger partial charge >= 0.3 is 0 Å². The Balaban J connectivity index is 1.82. The number of aromatic nitrogens is 1. The molecule has 0 aliphatic heterocycles. The van der Waals surface area contributed by atoms with Gasteiger partial charge in [0, 0.05) is 18.0 Å². The van der Waals surface area contributed by atoms with E-state index in [9.17, 15) is 0 Å². The Morgan fingerprint density at radius 3 is 2.53 bits per heavy atom. The summed E-state index contributed by atoms with van der Waals surface area (Å²) in [5.41, 5.74) is 3.20. The van der Waals surface area contributed by atoms with Crippen molar-refractivity contribution < 1.29 is 0 Å². The molecule has 0 aliphatic rings. The Labute approximate surface area is 112 Å². The van der Waals surface area contributed by atoms with Gasteiger partial charge in [0.15, 0.2) is 0 Å². The monoisotopic (exact) mass is 249 g/mol. The molecule has 19 heavy (non-hydrogen) atoms. The third-order valence-corrected chi connectivity index (χ3v) is 3.05. The summed E-state index contributed by atoms with van der Waals surface area (Å²) in [5, 5.41) is 7.49. The maximum atomic E-state index is 4.44. The minimum atomic E-state index is 1.00. The molecule has 0 fully saturated rings. The quantitative estimate of drug-likeness (QED) is 0.557. The number of anilines is 1. The van der Waals surface area contributed by atoms with Crippen LogP contribution in [0.25, 0.3) is 10.9 Å². The summed E-state index contributed by atoms with van der Waals surface area (Å²) in [4.78, 5) is 3.33. The van der Waals surface area contributed by atoms with Crippen molar-refractivity contribution in [3.8, 4) is 0 Å². The first-order chi connectivity index (χ1) is 9.33. The molecule has 94 valence electrons. The fourth-order valence-electron chi connectivity index (χ4n) is 2.02. The van der Waals surface area contributed by atoms with E-state index in [2.05, 4.69) is 28.3 Å². The van der Waals surface area contributed by atoms with Crippen molar-refractivity contribution in [2.75, 3.05) is 12.1 Å². The van der Waals surface area contributed by atoms with Crippen molar-refractivity contribution in [1.29, 1.82) is 0 Å². The summed E-state index contributed by atoms with van der Waals surface area (Å²) in [5.74, 6) is 0. The van der Waals surface area contributed by atoms with E-state index in [1.54, 1.807) is 0 Å². The minimum Gasteiger partial charge on any atom is -0.354 e. The molecule has 3 aromatic rings. The van der Waals surface area contributed by atoms with Gasteiger partial charge in [0.05, 0.1) is 17.6 Å². The first kappa shape index (κ1) is 11.5. The second-order valence-electron chi connectivity index (χ2n) is 4.42. The second kappa shape index (κ2) is 4.98. The predicted molar refractivity (Wildman–Crippen MR) is 80.7 cm³/mol. The molecule has 3 rings (SSSR count). The third kappa shape index (κ3) is 2.50. The molecule has 1 aromatic heterocycles. The first-order valence-corrected chi connectivity index (χ1v) is 6.23. The van der Waals surface area contributed by atoms with E-state index in [4.69, 9.17) is 0 Å². The van der Waals surface area contributed by atoms with Crippen molar-refractivity contribution >= 4 is 22.8 Å². The van der Waals surface area contributed by atoms with E-state index in [-0.39, 0.29) is 0 Å². The zero-order valence-corrected chi connectivity index (χ0v) is 10.7. The van der Waals surface area contributed by atoms with Crippen LogP contribution in [0.2, 0.25) is 0 Å². The lowest BCUT2D eigenvalue weighted by atomic mass is 10.2. The van der Waals surface area contributed by atoms with Crippen LogP contribution in [0.1, 0.15) is 5.69 Å². The number of nitrogens with one attached hydrogen (secondary N) is 1. The summed E-state index contributed by atoms with van der Waals surface area (Å²) >= 11 is 0. The molecule has 0 unspecified atom stereocenters. The molecule has 0 saturated carbocycles. The fourth-order valence-corrected chi connectivity index (χ4v) is 2.02. The van der Waals surface area contributed by atoms with Crippen LogP contribution in [-0.2, 0) is 0 Å². The van der Waals surface area contributed by atoms with Gasteiger partial charge in [0.1, 0.15) is 0 Å². The number of nitrogens with zero attached hydrogens (tertiary/aromatic N) is 2. The number of H-pyrrole nitrogens is 1. The lowest BCUT2D eigenvalue weighted by molar-refractivity contribution is 1.02. The van der Waals surface area contributed by atoms with E-state index in [1.807, 2.05) is 60.7 Å². The normalized spacial score (nSPS) is 11.2. The van der Waals surface area contributed by atoms with Crippen molar-refractivity contribution in [3.05, 3.63) is 66.4 Å². The number of rotatable bonds is 3. The number of hydrazone groups is 1. The second-order valence-corrected chi connectivity index (χ2v) is 4.42.